The van der Waals surface area contributed by atoms with Gasteiger partial charge in [0.2, 0.25) is 0 Å². The molecular formula is C13H6Cl3F3. The van der Waals surface area contributed by atoms with Gasteiger partial charge in [-0.05, 0) is 35.9 Å². The minimum atomic E-state index is -4.42. The van der Waals surface area contributed by atoms with Crippen LogP contribution >= 0.6 is 34.8 Å². The highest BCUT2D eigenvalue weighted by atomic mass is 35.5. The van der Waals surface area contributed by atoms with Crippen LogP contribution in [0.25, 0.3) is 11.1 Å². The number of halogens is 6. The van der Waals surface area contributed by atoms with E-state index >= 15 is 0 Å². The summed E-state index contributed by atoms with van der Waals surface area (Å²) in [4.78, 5) is 0. The zero-order chi connectivity index (χ0) is 14.2. The Kier molecular flexibility index (Phi) is 4.00. The molecule has 0 aliphatic carbocycles. The number of hydrogen-bond donors (Lipinski definition) is 0. The second-order valence-electron chi connectivity index (χ2n) is 3.85. The van der Waals surface area contributed by atoms with Crippen molar-refractivity contribution in [3.63, 3.8) is 0 Å². The van der Waals surface area contributed by atoms with Crippen molar-refractivity contribution in [2.75, 3.05) is 0 Å². The molecule has 2 aromatic carbocycles. The summed E-state index contributed by atoms with van der Waals surface area (Å²) in [5.74, 6) is 0. The van der Waals surface area contributed by atoms with Crippen molar-refractivity contribution in [1.82, 2.24) is 0 Å². The fourth-order valence-electron chi connectivity index (χ4n) is 1.63. The van der Waals surface area contributed by atoms with Gasteiger partial charge in [0.15, 0.2) is 0 Å². The summed E-state index contributed by atoms with van der Waals surface area (Å²) in [6.07, 6.45) is -4.42. The molecule has 0 saturated carbocycles. The Morgan fingerprint density at radius 1 is 0.789 bits per heavy atom. The molecule has 0 radical (unpaired) electrons. The summed E-state index contributed by atoms with van der Waals surface area (Å²) in [7, 11) is 0. The van der Waals surface area contributed by atoms with Crippen molar-refractivity contribution in [2.45, 2.75) is 6.18 Å². The third-order valence-corrected chi connectivity index (χ3v) is 3.22. The highest BCUT2D eigenvalue weighted by molar-refractivity contribution is 6.36. The van der Waals surface area contributed by atoms with Gasteiger partial charge in [0.25, 0.3) is 0 Å². The summed E-state index contributed by atoms with van der Waals surface area (Å²) in [5, 5.41) is 0.769. The molecule has 0 unspecified atom stereocenters. The topological polar surface area (TPSA) is 0 Å². The van der Waals surface area contributed by atoms with E-state index in [1.165, 1.54) is 12.1 Å². The lowest BCUT2D eigenvalue weighted by Crippen LogP contribution is -2.04. The molecule has 2 rings (SSSR count). The lowest BCUT2D eigenvalue weighted by molar-refractivity contribution is -0.137. The Morgan fingerprint density at radius 2 is 1.37 bits per heavy atom. The maximum absolute atomic E-state index is 12.5. The molecule has 0 aliphatic rings. The summed E-state index contributed by atoms with van der Waals surface area (Å²) < 4.78 is 37.6. The fraction of sp³-hybridized carbons (Fsp3) is 0.0769. The average Bonchev–Trinajstić information content (AvgIpc) is 2.26. The highest BCUT2D eigenvalue weighted by Crippen LogP contribution is 2.37. The first-order chi connectivity index (χ1) is 8.77. The normalized spacial score (nSPS) is 11.7. The van der Waals surface area contributed by atoms with Crippen molar-refractivity contribution < 1.29 is 13.2 Å². The number of rotatable bonds is 1. The van der Waals surface area contributed by atoms with E-state index in [4.69, 9.17) is 34.8 Å². The molecular weight excluding hydrogens is 319 g/mol. The third-order valence-electron chi connectivity index (χ3n) is 2.47. The zero-order valence-electron chi connectivity index (χ0n) is 9.23. The molecule has 0 fully saturated rings. The molecule has 0 nitrogen and oxygen atoms in total. The van der Waals surface area contributed by atoms with Crippen LogP contribution in [-0.2, 0) is 6.18 Å². The van der Waals surface area contributed by atoms with Crippen molar-refractivity contribution >= 4 is 34.8 Å². The van der Waals surface area contributed by atoms with Crippen LogP contribution in [0.1, 0.15) is 5.56 Å². The molecule has 0 N–H and O–H groups in total. The van der Waals surface area contributed by atoms with Gasteiger partial charge >= 0.3 is 6.18 Å². The van der Waals surface area contributed by atoms with Gasteiger partial charge in [-0.15, -0.1) is 0 Å². The van der Waals surface area contributed by atoms with Crippen LogP contribution < -0.4 is 0 Å². The molecule has 0 amide bonds. The van der Waals surface area contributed by atoms with Gasteiger partial charge in [0, 0.05) is 20.6 Å². The second-order valence-corrected chi connectivity index (χ2v) is 5.13. The van der Waals surface area contributed by atoms with E-state index in [-0.39, 0.29) is 5.02 Å². The largest absolute Gasteiger partial charge is 0.416 e. The van der Waals surface area contributed by atoms with Crippen LogP contribution in [0, 0.1) is 0 Å². The van der Waals surface area contributed by atoms with E-state index in [2.05, 4.69) is 0 Å². The molecule has 2 aromatic rings. The van der Waals surface area contributed by atoms with Gasteiger partial charge < -0.3 is 0 Å². The van der Waals surface area contributed by atoms with E-state index in [0.29, 0.717) is 21.2 Å². The summed E-state index contributed by atoms with van der Waals surface area (Å²) in [6.45, 7) is 0. The predicted molar refractivity (Wildman–Crippen MR) is 71.9 cm³/mol. The standard InChI is InChI=1S/C13H6Cl3F3/c14-9-3-7(4-10(15)6-9)11-2-1-8(5-12(11)16)13(17,18)19/h1-6H. The Morgan fingerprint density at radius 3 is 1.84 bits per heavy atom. The van der Waals surface area contributed by atoms with Crippen LogP contribution in [0.4, 0.5) is 13.2 Å². The van der Waals surface area contributed by atoms with Gasteiger partial charge in [0.05, 0.1) is 5.56 Å². The van der Waals surface area contributed by atoms with Gasteiger partial charge in [0.1, 0.15) is 0 Å². The average molecular weight is 326 g/mol. The van der Waals surface area contributed by atoms with Crippen LogP contribution in [0.2, 0.25) is 15.1 Å². The van der Waals surface area contributed by atoms with Crippen LogP contribution in [0.15, 0.2) is 36.4 Å². The first kappa shape index (κ1) is 14.5. The predicted octanol–water partition coefficient (Wildman–Crippen LogP) is 6.33. The second kappa shape index (κ2) is 5.23. The lowest BCUT2D eigenvalue weighted by Gasteiger charge is -2.10. The van der Waals surface area contributed by atoms with E-state index in [1.54, 1.807) is 12.1 Å². The molecule has 100 valence electrons. The first-order valence-corrected chi connectivity index (χ1v) is 6.24. The molecule has 0 atom stereocenters. The Bertz CT molecular complexity index is 601. The molecule has 19 heavy (non-hydrogen) atoms. The minimum Gasteiger partial charge on any atom is -0.166 e. The summed E-state index contributed by atoms with van der Waals surface area (Å²) in [5.41, 5.74) is 0.213. The molecule has 0 saturated heterocycles. The quantitative estimate of drug-likeness (QED) is 0.574. The highest BCUT2D eigenvalue weighted by Gasteiger charge is 2.30. The maximum atomic E-state index is 12.5. The maximum Gasteiger partial charge on any atom is 0.416 e. The Labute approximate surface area is 122 Å². The minimum absolute atomic E-state index is 0.00633. The molecule has 0 bridgehead atoms. The van der Waals surface area contributed by atoms with Gasteiger partial charge in [-0.3, -0.25) is 0 Å². The smallest absolute Gasteiger partial charge is 0.166 e. The summed E-state index contributed by atoms with van der Waals surface area (Å²) >= 11 is 17.6. The van der Waals surface area contributed by atoms with Crippen molar-refractivity contribution in [2.24, 2.45) is 0 Å². The molecule has 0 heterocycles. The molecule has 0 spiro atoms. The van der Waals surface area contributed by atoms with Crippen molar-refractivity contribution in [1.29, 1.82) is 0 Å². The molecule has 0 aliphatic heterocycles. The van der Waals surface area contributed by atoms with Crippen LogP contribution in [0.3, 0.4) is 0 Å². The Balaban J connectivity index is 2.52. The lowest BCUT2D eigenvalue weighted by atomic mass is 10.0. The number of hydrogen-bond acceptors (Lipinski definition) is 0. The van der Waals surface area contributed by atoms with E-state index < -0.39 is 11.7 Å². The molecule has 0 aromatic heterocycles. The van der Waals surface area contributed by atoms with E-state index in [1.807, 2.05) is 0 Å². The molecule has 6 heteroatoms. The van der Waals surface area contributed by atoms with Crippen molar-refractivity contribution in [3.8, 4) is 11.1 Å². The van der Waals surface area contributed by atoms with E-state index in [0.717, 1.165) is 12.1 Å². The van der Waals surface area contributed by atoms with Crippen LogP contribution in [-0.4, -0.2) is 0 Å². The number of benzene rings is 2. The van der Waals surface area contributed by atoms with Crippen molar-refractivity contribution in [3.05, 3.63) is 57.0 Å². The van der Waals surface area contributed by atoms with Crippen LogP contribution in [0.5, 0.6) is 0 Å². The fourth-order valence-corrected chi connectivity index (χ4v) is 2.45. The van der Waals surface area contributed by atoms with E-state index in [9.17, 15) is 13.2 Å². The first-order valence-electron chi connectivity index (χ1n) is 5.10. The van der Waals surface area contributed by atoms with Gasteiger partial charge in [-0.2, -0.15) is 13.2 Å². The zero-order valence-corrected chi connectivity index (χ0v) is 11.5. The Hall–Kier alpha value is -0.900. The van der Waals surface area contributed by atoms with Gasteiger partial charge in [-0.25, -0.2) is 0 Å². The van der Waals surface area contributed by atoms with Gasteiger partial charge in [-0.1, -0.05) is 40.9 Å². The monoisotopic (exact) mass is 324 g/mol. The SMILES string of the molecule is FC(F)(F)c1ccc(-c2cc(Cl)cc(Cl)c2)c(Cl)c1. The third kappa shape index (κ3) is 3.35. The summed E-state index contributed by atoms with van der Waals surface area (Å²) in [6, 6.07) is 7.85. The number of alkyl halides is 3.